The molecule has 98 valence electrons. The Morgan fingerprint density at radius 2 is 2.28 bits per heavy atom. The quantitative estimate of drug-likeness (QED) is 0.890. The SMILES string of the molecule is O=C([C@@H]1CCCCN1)N1CCCC1c1cccs1. The van der Waals surface area contributed by atoms with Crippen molar-refractivity contribution >= 4 is 17.2 Å². The largest absolute Gasteiger partial charge is 0.333 e. The maximum absolute atomic E-state index is 12.6. The van der Waals surface area contributed by atoms with Crippen LogP contribution in [0.15, 0.2) is 17.5 Å². The summed E-state index contributed by atoms with van der Waals surface area (Å²) in [4.78, 5) is 16.0. The van der Waals surface area contributed by atoms with Crippen molar-refractivity contribution < 1.29 is 4.79 Å². The van der Waals surface area contributed by atoms with E-state index < -0.39 is 0 Å². The number of carbonyl (C=O) groups excluding carboxylic acids is 1. The molecule has 2 aliphatic heterocycles. The smallest absolute Gasteiger partial charge is 0.240 e. The molecule has 1 unspecified atom stereocenters. The molecule has 0 bridgehead atoms. The summed E-state index contributed by atoms with van der Waals surface area (Å²) in [5.41, 5.74) is 0. The molecule has 3 rings (SSSR count). The Labute approximate surface area is 112 Å². The van der Waals surface area contributed by atoms with E-state index in [2.05, 4.69) is 27.7 Å². The summed E-state index contributed by atoms with van der Waals surface area (Å²) in [5, 5.41) is 5.48. The van der Waals surface area contributed by atoms with Crippen LogP contribution in [0.25, 0.3) is 0 Å². The molecule has 3 nitrogen and oxygen atoms in total. The summed E-state index contributed by atoms with van der Waals surface area (Å²) in [5.74, 6) is 0.325. The lowest BCUT2D eigenvalue weighted by Gasteiger charge is -2.30. The van der Waals surface area contributed by atoms with Gasteiger partial charge in [-0.25, -0.2) is 0 Å². The molecule has 18 heavy (non-hydrogen) atoms. The van der Waals surface area contributed by atoms with Crippen LogP contribution in [-0.2, 0) is 4.79 Å². The lowest BCUT2D eigenvalue weighted by atomic mass is 10.0. The number of piperidine rings is 1. The molecule has 2 atom stereocenters. The van der Waals surface area contributed by atoms with E-state index in [1.54, 1.807) is 11.3 Å². The Hall–Kier alpha value is -0.870. The minimum Gasteiger partial charge on any atom is -0.333 e. The molecule has 1 aromatic heterocycles. The van der Waals surface area contributed by atoms with Gasteiger partial charge in [-0.05, 0) is 43.7 Å². The molecule has 0 aliphatic carbocycles. The number of nitrogens with one attached hydrogen (secondary N) is 1. The third kappa shape index (κ3) is 2.31. The predicted molar refractivity (Wildman–Crippen MR) is 73.6 cm³/mol. The van der Waals surface area contributed by atoms with Gasteiger partial charge in [-0.15, -0.1) is 11.3 Å². The maximum Gasteiger partial charge on any atom is 0.240 e. The van der Waals surface area contributed by atoms with Crippen molar-refractivity contribution in [2.45, 2.75) is 44.2 Å². The molecule has 4 heteroatoms. The van der Waals surface area contributed by atoms with Gasteiger partial charge in [0.15, 0.2) is 0 Å². The Kier molecular flexibility index (Phi) is 3.66. The first-order valence-electron chi connectivity index (χ1n) is 6.93. The molecule has 0 radical (unpaired) electrons. The fraction of sp³-hybridized carbons (Fsp3) is 0.643. The Morgan fingerprint density at radius 1 is 1.33 bits per heavy atom. The van der Waals surface area contributed by atoms with Crippen molar-refractivity contribution in [1.82, 2.24) is 10.2 Å². The average Bonchev–Trinajstić information content (AvgIpc) is 3.09. The second-order valence-electron chi connectivity index (χ2n) is 5.21. The van der Waals surface area contributed by atoms with Crippen molar-refractivity contribution in [2.24, 2.45) is 0 Å². The first-order chi connectivity index (χ1) is 8.86. The van der Waals surface area contributed by atoms with Gasteiger partial charge in [-0.1, -0.05) is 12.5 Å². The van der Waals surface area contributed by atoms with Gasteiger partial charge in [0, 0.05) is 11.4 Å². The molecule has 1 amide bonds. The van der Waals surface area contributed by atoms with Crippen LogP contribution in [0.4, 0.5) is 0 Å². The third-order valence-corrected chi connectivity index (χ3v) is 4.99. The van der Waals surface area contributed by atoms with Crippen LogP contribution >= 0.6 is 11.3 Å². The Balaban J connectivity index is 1.72. The minimum absolute atomic E-state index is 0.0688. The summed E-state index contributed by atoms with van der Waals surface area (Å²) in [6, 6.07) is 4.65. The number of amides is 1. The van der Waals surface area contributed by atoms with Crippen LogP contribution < -0.4 is 5.32 Å². The molecule has 0 aromatic carbocycles. The van der Waals surface area contributed by atoms with E-state index in [4.69, 9.17) is 0 Å². The van der Waals surface area contributed by atoms with Gasteiger partial charge in [0.2, 0.25) is 5.91 Å². The van der Waals surface area contributed by atoms with Gasteiger partial charge in [0.05, 0.1) is 12.1 Å². The van der Waals surface area contributed by atoms with Crippen molar-refractivity contribution in [1.29, 1.82) is 0 Å². The first-order valence-corrected chi connectivity index (χ1v) is 7.81. The van der Waals surface area contributed by atoms with Crippen molar-refractivity contribution in [3.63, 3.8) is 0 Å². The standard InChI is InChI=1S/C14H20N2OS/c17-14(11-5-1-2-8-15-11)16-9-3-6-12(16)13-7-4-10-18-13/h4,7,10-12,15H,1-3,5-6,8-9H2/t11-,12?/m0/s1. The highest BCUT2D eigenvalue weighted by molar-refractivity contribution is 7.10. The van der Waals surface area contributed by atoms with Crippen molar-refractivity contribution in [3.8, 4) is 0 Å². The van der Waals surface area contributed by atoms with Crippen molar-refractivity contribution in [3.05, 3.63) is 22.4 Å². The first kappa shape index (κ1) is 12.2. The van der Waals surface area contributed by atoms with Crippen LogP contribution in [0, 0.1) is 0 Å². The van der Waals surface area contributed by atoms with E-state index in [1.165, 1.54) is 17.7 Å². The fourth-order valence-electron chi connectivity index (χ4n) is 3.07. The van der Waals surface area contributed by atoms with Gasteiger partial charge < -0.3 is 10.2 Å². The van der Waals surface area contributed by atoms with Crippen LogP contribution in [0.3, 0.4) is 0 Å². The number of nitrogens with zero attached hydrogens (tertiary/aromatic N) is 1. The van der Waals surface area contributed by atoms with Gasteiger partial charge in [0.25, 0.3) is 0 Å². The van der Waals surface area contributed by atoms with Crippen molar-refractivity contribution in [2.75, 3.05) is 13.1 Å². The molecule has 0 saturated carbocycles. The van der Waals surface area contributed by atoms with Crippen LogP contribution in [0.5, 0.6) is 0 Å². The number of hydrogen-bond donors (Lipinski definition) is 1. The Morgan fingerprint density at radius 3 is 3.00 bits per heavy atom. The third-order valence-electron chi connectivity index (χ3n) is 4.02. The van der Waals surface area contributed by atoms with Gasteiger partial charge in [0.1, 0.15) is 0 Å². The predicted octanol–water partition coefficient (Wildman–Crippen LogP) is 2.55. The molecule has 2 saturated heterocycles. The maximum atomic E-state index is 12.6. The van der Waals surface area contributed by atoms with E-state index in [-0.39, 0.29) is 6.04 Å². The van der Waals surface area contributed by atoms with E-state index >= 15 is 0 Å². The van der Waals surface area contributed by atoms with Gasteiger partial charge in [-0.2, -0.15) is 0 Å². The second kappa shape index (κ2) is 5.41. The van der Waals surface area contributed by atoms with Crippen LogP contribution in [0.2, 0.25) is 0 Å². The summed E-state index contributed by atoms with van der Waals surface area (Å²) in [6.07, 6.45) is 5.66. The second-order valence-corrected chi connectivity index (χ2v) is 6.19. The highest BCUT2D eigenvalue weighted by Gasteiger charge is 2.34. The molecule has 2 fully saturated rings. The normalized spacial score (nSPS) is 28.6. The molecular weight excluding hydrogens is 244 g/mol. The van der Waals surface area contributed by atoms with E-state index in [9.17, 15) is 4.79 Å². The fourth-order valence-corrected chi connectivity index (χ4v) is 3.94. The minimum atomic E-state index is 0.0688. The molecule has 3 heterocycles. The molecule has 1 aromatic rings. The van der Waals surface area contributed by atoms with E-state index in [1.807, 2.05) is 0 Å². The molecule has 1 N–H and O–H groups in total. The highest BCUT2D eigenvalue weighted by atomic mass is 32.1. The summed E-state index contributed by atoms with van der Waals surface area (Å²) >= 11 is 1.77. The number of hydrogen-bond acceptors (Lipinski definition) is 3. The number of carbonyl (C=O) groups is 1. The zero-order chi connectivity index (χ0) is 12.4. The number of rotatable bonds is 2. The lowest BCUT2D eigenvalue weighted by Crippen LogP contribution is -2.48. The molecule has 0 spiro atoms. The van der Waals surface area contributed by atoms with Crippen LogP contribution in [0.1, 0.15) is 43.0 Å². The van der Waals surface area contributed by atoms with E-state index in [0.29, 0.717) is 11.9 Å². The molecule has 2 aliphatic rings. The summed E-state index contributed by atoms with van der Waals surface area (Å²) in [7, 11) is 0. The van der Waals surface area contributed by atoms with Gasteiger partial charge in [-0.3, -0.25) is 4.79 Å². The van der Waals surface area contributed by atoms with Crippen LogP contribution in [-0.4, -0.2) is 29.9 Å². The monoisotopic (exact) mass is 264 g/mol. The molecular formula is C14H20N2OS. The van der Waals surface area contributed by atoms with E-state index in [0.717, 1.165) is 32.4 Å². The highest BCUT2D eigenvalue weighted by Crippen LogP contribution is 2.35. The number of likely N-dealkylation sites (tertiary alicyclic amines) is 1. The summed E-state index contributed by atoms with van der Waals surface area (Å²) in [6.45, 7) is 1.92. The Bertz CT molecular complexity index is 398. The van der Waals surface area contributed by atoms with Gasteiger partial charge >= 0.3 is 0 Å². The summed E-state index contributed by atoms with van der Waals surface area (Å²) < 4.78 is 0. The lowest BCUT2D eigenvalue weighted by molar-refractivity contribution is -0.134. The number of thiophene rings is 1. The topological polar surface area (TPSA) is 32.3 Å². The zero-order valence-electron chi connectivity index (χ0n) is 10.6. The zero-order valence-corrected chi connectivity index (χ0v) is 11.4. The average molecular weight is 264 g/mol.